The maximum Gasteiger partial charge on any atom is 0.306 e. The molecule has 0 amide bonds. The number of hydrogen-bond donors (Lipinski definition) is 1. The average molecular weight is 543 g/mol. The number of rotatable bonds is 10. The van der Waals surface area contributed by atoms with Crippen molar-refractivity contribution in [3.63, 3.8) is 0 Å². The summed E-state index contributed by atoms with van der Waals surface area (Å²) in [6, 6.07) is 28.3. The van der Waals surface area contributed by atoms with Crippen LogP contribution in [0.1, 0.15) is 37.8 Å². The van der Waals surface area contributed by atoms with Gasteiger partial charge in [0, 0.05) is 6.42 Å². The lowest BCUT2D eigenvalue weighted by Gasteiger charge is -2.43. The molecule has 0 bridgehead atoms. The van der Waals surface area contributed by atoms with E-state index >= 15 is 0 Å². The van der Waals surface area contributed by atoms with Crippen molar-refractivity contribution < 1.29 is 33.6 Å². The van der Waals surface area contributed by atoms with Gasteiger partial charge >= 0.3 is 5.97 Å². The largest absolute Gasteiger partial charge is 0.454 e. The zero-order valence-electron chi connectivity index (χ0n) is 22.7. The molecule has 0 aromatic heterocycles. The van der Waals surface area contributed by atoms with Gasteiger partial charge in [-0.1, -0.05) is 72.8 Å². The fourth-order valence-electron chi connectivity index (χ4n) is 5.07. The Labute approximate surface area is 233 Å². The lowest BCUT2D eigenvalue weighted by atomic mass is 9.98. The molecule has 0 spiro atoms. The van der Waals surface area contributed by atoms with Crippen LogP contribution in [0.3, 0.4) is 0 Å². The van der Waals surface area contributed by atoms with Crippen LogP contribution >= 0.6 is 0 Å². The number of aliphatic hydroxyl groups excluding tert-OH is 1. The highest BCUT2D eigenvalue weighted by Gasteiger charge is 2.47. The third kappa shape index (κ3) is 6.74. The number of carbonyl (C=O) groups is 2. The third-order valence-corrected chi connectivity index (χ3v) is 7.21. The Balaban J connectivity index is 1.36. The molecular formula is C33H34O7. The number of ether oxygens (including phenoxy) is 4. The van der Waals surface area contributed by atoms with Crippen LogP contribution < -0.4 is 0 Å². The van der Waals surface area contributed by atoms with E-state index in [1.165, 1.54) is 6.92 Å². The molecular weight excluding hydrogens is 508 g/mol. The molecule has 208 valence electrons. The molecule has 7 heteroatoms. The fourth-order valence-corrected chi connectivity index (χ4v) is 5.07. The Hall–Kier alpha value is -3.62. The van der Waals surface area contributed by atoms with Crippen LogP contribution in [0.2, 0.25) is 0 Å². The van der Waals surface area contributed by atoms with Gasteiger partial charge in [-0.25, -0.2) is 0 Å². The number of carbonyl (C=O) groups excluding carboxylic acids is 2. The van der Waals surface area contributed by atoms with Gasteiger partial charge in [0.15, 0.2) is 12.4 Å². The summed E-state index contributed by atoms with van der Waals surface area (Å²) in [6.07, 6.45) is -4.55. The number of esters is 1. The molecule has 0 aliphatic carbocycles. The smallest absolute Gasteiger partial charge is 0.306 e. The van der Waals surface area contributed by atoms with Gasteiger partial charge in [0.2, 0.25) is 0 Å². The minimum Gasteiger partial charge on any atom is -0.454 e. The van der Waals surface area contributed by atoms with Crippen LogP contribution in [-0.4, -0.2) is 47.6 Å². The normalized spacial score (nSPS) is 22.8. The monoisotopic (exact) mass is 542 g/mol. The second-order valence-electron chi connectivity index (χ2n) is 10.3. The highest BCUT2D eigenvalue weighted by molar-refractivity contribution is 5.84. The van der Waals surface area contributed by atoms with E-state index in [2.05, 4.69) is 12.1 Å². The molecule has 0 saturated carbocycles. The summed E-state index contributed by atoms with van der Waals surface area (Å²) in [4.78, 5) is 24.0. The van der Waals surface area contributed by atoms with Crippen molar-refractivity contribution in [2.24, 2.45) is 0 Å². The maximum atomic E-state index is 12.6. The Kier molecular flexibility index (Phi) is 8.87. The molecule has 5 rings (SSSR count). The number of Topliss-reactive ketones (excluding diaryl/α,β-unsaturated/α-hetero) is 1. The minimum absolute atomic E-state index is 0.0589. The minimum atomic E-state index is -1.40. The summed E-state index contributed by atoms with van der Waals surface area (Å²) in [6.45, 7) is 3.71. The quantitative estimate of drug-likeness (QED) is 0.265. The van der Waals surface area contributed by atoms with E-state index in [4.69, 9.17) is 18.9 Å². The summed E-state index contributed by atoms with van der Waals surface area (Å²) >= 11 is 0. The van der Waals surface area contributed by atoms with Crippen LogP contribution in [0.4, 0.5) is 0 Å². The number of benzene rings is 4. The van der Waals surface area contributed by atoms with Crippen molar-refractivity contribution in [2.75, 3.05) is 0 Å². The predicted molar refractivity (Wildman–Crippen MR) is 151 cm³/mol. The van der Waals surface area contributed by atoms with Crippen molar-refractivity contribution in [3.8, 4) is 0 Å². The average Bonchev–Trinajstić information content (AvgIpc) is 2.95. The Morgan fingerprint density at radius 1 is 0.725 bits per heavy atom. The zero-order valence-corrected chi connectivity index (χ0v) is 22.7. The second kappa shape index (κ2) is 12.7. The van der Waals surface area contributed by atoms with Crippen molar-refractivity contribution in [3.05, 3.63) is 96.1 Å². The number of fused-ring (bicyclic) bond motifs is 2. The first kappa shape index (κ1) is 27.9. The number of aliphatic hydroxyl groups is 1. The standard InChI is InChI=1S/C33H34O7/c1-21(34)11-16-29(35)40-32-31(38-20-24-13-15-26-8-4-6-10-28(26)18-24)30(22(2)39-33(32)36)37-19-23-12-14-25-7-3-5-9-27(25)17-23/h3-10,12-15,17-18,22,30-33,36H,11,16,19-20H2,1-2H3/t22-,30-,31+,32+,33+/m0/s1. The lowest BCUT2D eigenvalue weighted by Crippen LogP contribution is -2.59. The van der Waals surface area contributed by atoms with Gasteiger partial charge in [0.1, 0.15) is 18.0 Å². The number of hydrogen-bond acceptors (Lipinski definition) is 7. The molecule has 1 fully saturated rings. The summed E-state index contributed by atoms with van der Waals surface area (Å²) in [5.41, 5.74) is 1.91. The van der Waals surface area contributed by atoms with Crippen molar-refractivity contribution in [2.45, 2.75) is 70.6 Å². The van der Waals surface area contributed by atoms with Gasteiger partial charge in [-0.15, -0.1) is 0 Å². The van der Waals surface area contributed by atoms with E-state index in [9.17, 15) is 14.7 Å². The summed E-state index contributed by atoms with van der Waals surface area (Å²) in [7, 11) is 0. The molecule has 0 radical (unpaired) electrons. The third-order valence-electron chi connectivity index (χ3n) is 7.21. The van der Waals surface area contributed by atoms with E-state index in [-0.39, 0.29) is 31.8 Å². The molecule has 4 aromatic rings. The maximum absolute atomic E-state index is 12.6. The molecule has 1 aliphatic rings. The molecule has 5 atom stereocenters. The summed E-state index contributed by atoms with van der Waals surface area (Å²) in [5.74, 6) is -0.725. The first-order valence-electron chi connectivity index (χ1n) is 13.6. The highest BCUT2D eigenvalue weighted by atomic mass is 16.7. The van der Waals surface area contributed by atoms with Gasteiger partial charge in [0.25, 0.3) is 0 Å². The lowest BCUT2D eigenvalue weighted by molar-refractivity contribution is -0.300. The molecule has 40 heavy (non-hydrogen) atoms. The predicted octanol–water partition coefficient (Wildman–Crippen LogP) is 5.48. The molecule has 7 nitrogen and oxygen atoms in total. The SMILES string of the molecule is CC(=O)CCC(=O)O[C@@H]1[C@H](OCc2ccc3ccccc3c2)[C@@H](OCc2ccc3ccccc3c2)[C@H](C)O[C@H]1O. The molecule has 4 aromatic carbocycles. The van der Waals surface area contributed by atoms with E-state index < -0.39 is 36.7 Å². The topological polar surface area (TPSA) is 91.3 Å². The van der Waals surface area contributed by atoms with Crippen molar-refractivity contribution in [1.82, 2.24) is 0 Å². The Bertz CT molecular complexity index is 1480. The fraction of sp³-hybridized carbons (Fsp3) is 0.333. The molecule has 0 unspecified atom stereocenters. The zero-order chi connectivity index (χ0) is 28.1. The summed E-state index contributed by atoms with van der Waals surface area (Å²) in [5, 5.41) is 15.2. The molecule has 1 aliphatic heterocycles. The Morgan fingerprint density at radius 2 is 1.25 bits per heavy atom. The van der Waals surface area contributed by atoms with E-state index in [1.807, 2.05) is 72.8 Å². The Morgan fingerprint density at radius 3 is 1.80 bits per heavy atom. The molecule has 1 N–H and O–H groups in total. The van der Waals surface area contributed by atoms with Gasteiger partial charge in [-0.3, -0.25) is 4.79 Å². The van der Waals surface area contributed by atoms with Crippen LogP contribution in [0.25, 0.3) is 21.5 Å². The summed E-state index contributed by atoms with van der Waals surface area (Å²) < 4.78 is 24.1. The number of ketones is 1. The first-order chi connectivity index (χ1) is 19.4. The highest BCUT2D eigenvalue weighted by Crippen LogP contribution is 2.30. The van der Waals surface area contributed by atoms with E-state index in [0.717, 1.165) is 32.7 Å². The van der Waals surface area contributed by atoms with Gasteiger partial charge in [0.05, 0.1) is 25.7 Å². The molecule has 1 heterocycles. The van der Waals surface area contributed by atoms with E-state index in [1.54, 1.807) is 6.92 Å². The van der Waals surface area contributed by atoms with Gasteiger partial charge in [-0.05, 0) is 58.7 Å². The first-order valence-corrected chi connectivity index (χ1v) is 13.6. The van der Waals surface area contributed by atoms with Crippen molar-refractivity contribution in [1.29, 1.82) is 0 Å². The van der Waals surface area contributed by atoms with Crippen LogP contribution in [0.15, 0.2) is 84.9 Å². The van der Waals surface area contributed by atoms with E-state index in [0.29, 0.717) is 0 Å². The second-order valence-corrected chi connectivity index (χ2v) is 10.3. The van der Waals surface area contributed by atoms with Crippen molar-refractivity contribution >= 4 is 33.3 Å². The van der Waals surface area contributed by atoms with Gasteiger partial charge < -0.3 is 28.8 Å². The van der Waals surface area contributed by atoms with Crippen LogP contribution in [0.5, 0.6) is 0 Å². The molecule has 1 saturated heterocycles. The van der Waals surface area contributed by atoms with Crippen LogP contribution in [0, 0.1) is 0 Å². The van der Waals surface area contributed by atoms with Gasteiger partial charge in [-0.2, -0.15) is 0 Å². The van der Waals surface area contributed by atoms with Crippen LogP contribution in [-0.2, 0) is 41.8 Å².